The van der Waals surface area contributed by atoms with Gasteiger partial charge in [0.2, 0.25) is 5.13 Å². The molecule has 6 rings (SSSR count). The van der Waals surface area contributed by atoms with Gasteiger partial charge in [-0.2, -0.15) is 0 Å². The van der Waals surface area contributed by atoms with E-state index in [0.29, 0.717) is 15.2 Å². The highest BCUT2D eigenvalue weighted by Crippen LogP contribution is 2.34. The number of hydrogen-bond donors (Lipinski definition) is 2. The first-order valence-corrected chi connectivity index (χ1v) is 13.8. The maximum atomic E-state index is 13.9. The van der Waals surface area contributed by atoms with Crippen molar-refractivity contribution < 1.29 is 9.18 Å². The zero-order valence-corrected chi connectivity index (χ0v) is 21.7. The van der Waals surface area contributed by atoms with Crippen LogP contribution in [0.2, 0.25) is 0 Å². The van der Waals surface area contributed by atoms with Gasteiger partial charge in [-0.15, -0.1) is 10.2 Å². The molecule has 0 spiro atoms. The van der Waals surface area contributed by atoms with E-state index in [0.717, 1.165) is 22.2 Å². The molecule has 0 fully saturated rings. The zero-order chi connectivity index (χ0) is 25.9. The Morgan fingerprint density at radius 3 is 2.55 bits per heavy atom. The lowest BCUT2D eigenvalue weighted by atomic mass is 10.0. The summed E-state index contributed by atoms with van der Waals surface area (Å²) >= 11 is 2.58. The molecule has 1 aliphatic rings. The topological polar surface area (TPSA) is 70.2 Å². The van der Waals surface area contributed by atoms with Crippen molar-refractivity contribution in [1.82, 2.24) is 20.6 Å². The summed E-state index contributed by atoms with van der Waals surface area (Å²) in [5, 5.41) is 15.6. The molecule has 0 radical (unpaired) electrons. The quantitative estimate of drug-likeness (QED) is 0.222. The van der Waals surface area contributed by atoms with Gasteiger partial charge in [-0.1, -0.05) is 102 Å². The Kier molecular flexibility index (Phi) is 6.76. The predicted octanol–water partition coefficient (Wildman–Crippen LogP) is 6.80. The van der Waals surface area contributed by atoms with Crippen LogP contribution in [0.4, 0.5) is 15.2 Å². The third-order valence-corrected chi connectivity index (χ3v) is 8.11. The number of carbonyl (C=O) groups excluding carboxylic acids is 1. The zero-order valence-electron chi connectivity index (χ0n) is 20.0. The van der Waals surface area contributed by atoms with Gasteiger partial charge in [0, 0.05) is 0 Å². The lowest BCUT2D eigenvalue weighted by Crippen LogP contribution is -2.40. The average Bonchev–Trinajstić information content (AvgIpc) is 3.61. The maximum absolute atomic E-state index is 13.9. The summed E-state index contributed by atoms with van der Waals surface area (Å²) in [5.41, 5.74) is 6.59. The normalized spacial score (nSPS) is 14.8. The molecular formula is C29H22FN5OS2. The summed E-state index contributed by atoms with van der Waals surface area (Å²) in [6.45, 7) is 0. The number of benzene rings is 4. The van der Waals surface area contributed by atoms with Crippen LogP contribution >= 0.6 is 23.1 Å². The second-order valence-electron chi connectivity index (χ2n) is 8.64. The minimum Gasteiger partial charge on any atom is -0.328 e. The van der Waals surface area contributed by atoms with Crippen molar-refractivity contribution >= 4 is 56.3 Å². The highest BCUT2D eigenvalue weighted by molar-refractivity contribution is 8.01. The Balaban J connectivity index is 1.18. The molecular weight excluding hydrogens is 517 g/mol. The number of para-hydroxylation sites is 1. The number of hydrazine groups is 1. The van der Waals surface area contributed by atoms with E-state index in [2.05, 4.69) is 57.3 Å². The Morgan fingerprint density at radius 1 is 0.947 bits per heavy atom. The average molecular weight is 540 g/mol. The second kappa shape index (κ2) is 10.6. The summed E-state index contributed by atoms with van der Waals surface area (Å²) in [6, 6.07) is 30.6. The molecule has 1 amide bonds. The molecule has 1 aromatic heterocycles. The Hall–Kier alpha value is -4.21. The molecule has 188 valence electrons. The number of rotatable bonds is 7. The molecule has 1 atom stereocenters. The van der Waals surface area contributed by atoms with E-state index >= 15 is 0 Å². The third-order valence-electron chi connectivity index (χ3n) is 6.15. The Labute approximate surface area is 227 Å². The summed E-state index contributed by atoms with van der Waals surface area (Å²) in [4.78, 5) is 13.4. The Morgan fingerprint density at radius 2 is 1.71 bits per heavy atom. The smallest absolute Gasteiger partial charge is 0.252 e. The van der Waals surface area contributed by atoms with Crippen molar-refractivity contribution in [1.29, 1.82) is 0 Å². The number of carbonyl (C=O) groups is 1. The Bertz CT molecular complexity index is 1640. The number of halogens is 1. The number of hydrogen-bond acceptors (Lipinski definition) is 7. The fourth-order valence-electron chi connectivity index (χ4n) is 4.29. The molecule has 5 aromatic rings. The third kappa shape index (κ3) is 5.11. The second-order valence-corrected chi connectivity index (χ2v) is 10.8. The van der Waals surface area contributed by atoms with Gasteiger partial charge in [0.1, 0.15) is 5.82 Å². The summed E-state index contributed by atoms with van der Waals surface area (Å²) < 4.78 is 14.6. The molecule has 38 heavy (non-hydrogen) atoms. The van der Waals surface area contributed by atoms with Gasteiger partial charge in [0.25, 0.3) is 5.91 Å². The molecule has 0 bridgehead atoms. The van der Waals surface area contributed by atoms with Gasteiger partial charge in [-0.05, 0) is 46.2 Å². The van der Waals surface area contributed by atoms with Gasteiger partial charge < -0.3 is 5.32 Å². The van der Waals surface area contributed by atoms with Crippen molar-refractivity contribution in [3.8, 4) is 0 Å². The van der Waals surface area contributed by atoms with E-state index in [1.54, 1.807) is 23.2 Å². The van der Waals surface area contributed by atoms with Crippen molar-refractivity contribution in [2.45, 2.75) is 10.4 Å². The van der Waals surface area contributed by atoms with Crippen LogP contribution in [0.1, 0.15) is 17.2 Å². The summed E-state index contributed by atoms with van der Waals surface area (Å²) in [5.74, 6) is -0.285. The summed E-state index contributed by atoms with van der Waals surface area (Å²) in [7, 11) is 0. The minimum absolute atomic E-state index is 0.0882. The lowest BCUT2D eigenvalue weighted by molar-refractivity contribution is -0.131. The molecule has 2 N–H and O–H groups in total. The maximum Gasteiger partial charge on any atom is 0.252 e. The molecule has 0 saturated heterocycles. The van der Waals surface area contributed by atoms with Gasteiger partial charge in [-0.25, -0.2) is 9.40 Å². The van der Waals surface area contributed by atoms with Crippen LogP contribution in [0.15, 0.2) is 107 Å². The van der Waals surface area contributed by atoms with Crippen LogP contribution in [0, 0.1) is 5.82 Å². The fourth-order valence-corrected chi connectivity index (χ4v) is 5.91. The first-order chi connectivity index (χ1) is 18.6. The van der Waals surface area contributed by atoms with Gasteiger partial charge >= 0.3 is 0 Å². The van der Waals surface area contributed by atoms with Crippen LogP contribution in [0.25, 0.3) is 16.5 Å². The van der Waals surface area contributed by atoms with Gasteiger partial charge in [0.15, 0.2) is 4.34 Å². The van der Waals surface area contributed by atoms with Crippen LogP contribution in [0.5, 0.6) is 0 Å². The first kappa shape index (κ1) is 24.1. The number of amides is 1. The number of nitrogens with zero attached hydrogens (tertiary/aromatic N) is 3. The van der Waals surface area contributed by atoms with Crippen LogP contribution in [-0.2, 0) is 4.79 Å². The van der Waals surface area contributed by atoms with E-state index < -0.39 is 0 Å². The monoisotopic (exact) mass is 539 g/mol. The van der Waals surface area contributed by atoms with Crippen molar-refractivity contribution in [3.05, 3.63) is 120 Å². The molecule has 0 saturated carbocycles. The number of aromatic nitrogens is 2. The molecule has 1 aliphatic heterocycles. The van der Waals surface area contributed by atoms with Crippen LogP contribution in [-0.4, -0.2) is 26.9 Å². The number of anilines is 2. The number of nitrogens with one attached hydrogen (secondary N) is 2. The van der Waals surface area contributed by atoms with E-state index in [9.17, 15) is 9.18 Å². The highest BCUT2D eigenvalue weighted by atomic mass is 32.2. The SMILES string of the molecule is O=C(CSc1nnc(Nc2ccccc2F)s1)N1NC(c2ccc3ccccc3c2)=C[C@@H]1c1ccccc1. The molecule has 0 unspecified atom stereocenters. The van der Waals surface area contributed by atoms with Crippen molar-refractivity contribution in [2.75, 3.05) is 11.1 Å². The van der Waals surface area contributed by atoms with E-state index in [1.165, 1.54) is 34.6 Å². The fraction of sp³-hybridized carbons (Fsp3) is 0.0690. The molecule has 6 nitrogen and oxygen atoms in total. The summed E-state index contributed by atoms with van der Waals surface area (Å²) in [6.07, 6.45) is 2.09. The van der Waals surface area contributed by atoms with Crippen LogP contribution in [0.3, 0.4) is 0 Å². The van der Waals surface area contributed by atoms with Gasteiger partial charge in [-0.3, -0.25) is 10.2 Å². The van der Waals surface area contributed by atoms with Crippen molar-refractivity contribution in [3.63, 3.8) is 0 Å². The van der Waals surface area contributed by atoms with E-state index in [1.807, 2.05) is 42.5 Å². The predicted molar refractivity (Wildman–Crippen MR) is 151 cm³/mol. The largest absolute Gasteiger partial charge is 0.328 e. The molecule has 4 aromatic carbocycles. The van der Waals surface area contributed by atoms with E-state index in [-0.39, 0.29) is 23.5 Å². The number of thioether (sulfide) groups is 1. The molecule has 9 heteroatoms. The molecule has 0 aliphatic carbocycles. The highest BCUT2D eigenvalue weighted by Gasteiger charge is 2.31. The van der Waals surface area contributed by atoms with Crippen LogP contribution < -0.4 is 10.7 Å². The minimum atomic E-state index is -0.367. The van der Waals surface area contributed by atoms with Gasteiger partial charge in [0.05, 0.1) is 23.2 Å². The van der Waals surface area contributed by atoms with Crippen molar-refractivity contribution in [2.24, 2.45) is 0 Å². The standard InChI is InChI=1S/C29H22FN5OS2/c30-23-12-6-7-13-24(23)31-28-32-33-29(38-28)37-18-27(36)35-26(20-9-2-1-3-10-20)17-25(34-35)22-15-14-19-8-4-5-11-21(19)16-22/h1-17,26,34H,18H2,(H,31,32)/t26-/m1/s1. The van der Waals surface area contributed by atoms with E-state index in [4.69, 9.17) is 0 Å². The lowest BCUT2D eigenvalue weighted by Gasteiger charge is -2.25. The number of fused-ring (bicyclic) bond motifs is 1. The molecule has 2 heterocycles. The first-order valence-electron chi connectivity index (χ1n) is 12.0.